The second-order valence-corrected chi connectivity index (χ2v) is 5.75. The van der Waals surface area contributed by atoms with Crippen molar-refractivity contribution in [2.24, 2.45) is 0 Å². The number of fused-ring (bicyclic) bond motifs is 1. The van der Waals surface area contributed by atoms with Crippen molar-refractivity contribution in [1.29, 1.82) is 0 Å². The maximum atomic E-state index is 11.5. The van der Waals surface area contributed by atoms with Gasteiger partial charge in [0.15, 0.2) is 5.65 Å². The van der Waals surface area contributed by atoms with Gasteiger partial charge in [-0.25, -0.2) is 9.31 Å². The Kier molecular flexibility index (Phi) is 4.30. The molecule has 114 valence electrons. The molecule has 0 fully saturated rings. The van der Waals surface area contributed by atoms with Gasteiger partial charge in [-0.15, -0.1) is 5.10 Å². The lowest BCUT2D eigenvalue weighted by Gasteiger charge is -2.19. The number of pyridine rings is 1. The summed E-state index contributed by atoms with van der Waals surface area (Å²) in [6.07, 6.45) is 1.42. The van der Waals surface area contributed by atoms with Gasteiger partial charge in [0.25, 0.3) is 0 Å². The number of ether oxygens (including phenoxy) is 1. The third-order valence-corrected chi connectivity index (χ3v) is 2.63. The molecule has 1 amide bonds. The first kappa shape index (κ1) is 15.1. The van der Waals surface area contributed by atoms with E-state index in [1.54, 1.807) is 4.52 Å². The maximum Gasteiger partial charge on any atom is 0.407 e. The van der Waals surface area contributed by atoms with Gasteiger partial charge in [0.2, 0.25) is 5.95 Å². The quantitative estimate of drug-likeness (QED) is 0.842. The van der Waals surface area contributed by atoms with Gasteiger partial charge in [-0.2, -0.15) is 4.98 Å². The number of aryl methyl sites for hydroxylation is 1. The molecule has 7 heteroatoms. The Bertz CT molecular complexity index is 630. The van der Waals surface area contributed by atoms with Crippen molar-refractivity contribution in [2.75, 3.05) is 18.4 Å². The standard InChI is InChI=1S/C14H21N5O2/c1-10-6-5-9-19-11(10)17-12(18-19)15-7-8-16-13(20)21-14(2,3)4/h5-6,9H,7-8H2,1-4H3,(H,15,18)(H,16,20). The largest absolute Gasteiger partial charge is 0.444 e. The molecule has 2 rings (SSSR count). The molecule has 2 aromatic rings. The molecule has 0 unspecified atom stereocenters. The Morgan fingerprint density at radius 2 is 2.14 bits per heavy atom. The van der Waals surface area contributed by atoms with Crippen molar-refractivity contribution in [3.05, 3.63) is 23.9 Å². The van der Waals surface area contributed by atoms with E-state index in [1.807, 2.05) is 46.0 Å². The summed E-state index contributed by atoms with van der Waals surface area (Å²) >= 11 is 0. The molecule has 0 atom stereocenters. The molecule has 7 nitrogen and oxygen atoms in total. The molecule has 2 heterocycles. The van der Waals surface area contributed by atoms with E-state index < -0.39 is 11.7 Å². The lowest BCUT2D eigenvalue weighted by molar-refractivity contribution is 0.0530. The predicted molar refractivity (Wildman–Crippen MR) is 80.5 cm³/mol. The topological polar surface area (TPSA) is 80.5 Å². The van der Waals surface area contributed by atoms with Crippen molar-refractivity contribution in [1.82, 2.24) is 19.9 Å². The third-order valence-electron chi connectivity index (χ3n) is 2.63. The zero-order valence-corrected chi connectivity index (χ0v) is 12.8. The fraction of sp³-hybridized carbons (Fsp3) is 0.500. The van der Waals surface area contributed by atoms with Crippen molar-refractivity contribution < 1.29 is 9.53 Å². The van der Waals surface area contributed by atoms with E-state index in [0.29, 0.717) is 19.0 Å². The van der Waals surface area contributed by atoms with Crippen LogP contribution in [0.5, 0.6) is 0 Å². The third kappa shape index (κ3) is 4.34. The SMILES string of the molecule is Cc1cccn2nc(NCCNC(=O)OC(C)(C)C)nc12. The van der Waals surface area contributed by atoms with E-state index in [-0.39, 0.29) is 0 Å². The van der Waals surface area contributed by atoms with E-state index in [1.165, 1.54) is 0 Å². The van der Waals surface area contributed by atoms with Crippen LogP contribution in [0.25, 0.3) is 5.65 Å². The van der Waals surface area contributed by atoms with Crippen LogP contribution in [0.2, 0.25) is 0 Å². The molecule has 2 aromatic heterocycles. The van der Waals surface area contributed by atoms with Crippen molar-refractivity contribution in [3.63, 3.8) is 0 Å². The summed E-state index contributed by atoms with van der Waals surface area (Å²) in [4.78, 5) is 15.8. The lowest BCUT2D eigenvalue weighted by Crippen LogP contribution is -2.35. The first-order chi connectivity index (χ1) is 9.85. The number of carbonyl (C=O) groups excluding carboxylic acids is 1. The molecule has 0 aliphatic heterocycles. The van der Waals surface area contributed by atoms with Crippen LogP contribution in [0.3, 0.4) is 0 Å². The monoisotopic (exact) mass is 291 g/mol. The normalized spacial score (nSPS) is 11.4. The molecule has 0 aromatic carbocycles. The fourth-order valence-electron chi connectivity index (χ4n) is 1.77. The smallest absolute Gasteiger partial charge is 0.407 e. The molecule has 0 spiro atoms. The second-order valence-electron chi connectivity index (χ2n) is 5.75. The minimum Gasteiger partial charge on any atom is -0.444 e. The molecule has 0 aliphatic carbocycles. The Labute approximate surface area is 123 Å². The maximum absolute atomic E-state index is 11.5. The fourth-order valence-corrected chi connectivity index (χ4v) is 1.77. The van der Waals surface area contributed by atoms with Crippen LogP contribution < -0.4 is 10.6 Å². The van der Waals surface area contributed by atoms with Gasteiger partial charge in [0, 0.05) is 19.3 Å². The van der Waals surface area contributed by atoms with Crippen LogP contribution in [0, 0.1) is 6.92 Å². The van der Waals surface area contributed by atoms with E-state index in [9.17, 15) is 4.79 Å². The number of amides is 1. The highest BCUT2D eigenvalue weighted by Gasteiger charge is 2.15. The molecule has 0 saturated heterocycles. The summed E-state index contributed by atoms with van der Waals surface area (Å²) in [7, 11) is 0. The van der Waals surface area contributed by atoms with E-state index in [0.717, 1.165) is 11.2 Å². The zero-order valence-electron chi connectivity index (χ0n) is 12.8. The van der Waals surface area contributed by atoms with E-state index >= 15 is 0 Å². The summed E-state index contributed by atoms with van der Waals surface area (Å²) in [6.45, 7) is 8.42. The highest BCUT2D eigenvalue weighted by atomic mass is 16.6. The average molecular weight is 291 g/mol. The van der Waals surface area contributed by atoms with Gasteiger partial charge in [-0.05, 0) is 39.3 Å². The van der Waals surface area contributed by atoms with Gasteiger partial charge < -0.3 is 15.4 Å². The van der Waals surface area contributed by atoms with Crippen molar-refractivity contribution >= 4 is 17.7 Å². The first-order valence-electron chi connectivity index (χ1n) is 6.88. The highest BCUT2D eigenvalue weighted by molar-refractivity contribution is 5.67. The van der Waals surface area contributed by atoms with Crippen LogP contribution in [0.15, 0.2) is 18.3 Å². The van der Waals surface area contributed by atoms with Gasteiger partial charge >= 0.3 is 6.09 Å². The summed E-state index contributed by atoms with van der Waals surface area (Å²) < 4.78 is 6.86. The highest BCUT2D eigenvalue weighted by Crippen LogP contribution is 2.09. The van der Waals surface area contributed by atoms with Gasteiger partial charge in [-0.1, -0.05) is 6.07 Å². The molecular weight excluding hydrogens is 270 g/mol. The number of rotatable bonds is 4. The van der Waals surface area contributed by atoms with Crippen LogP contribution >= 0.6 is 0 Å². The number of aromatic nitrogens is 3. The molecule has 0 saturated carbocycles. The van der Waals surface area contributed by atoms with Crippen molar-refractivity contribution in [3.8, 4) is 0 Å². The van der Waals surface area contributed by atoms with Crippen LogP contribution in [0.1, 0.15) is 26.3 Å². The van der Waals surface area contributed by atoms with E-state index in [2.05, 4.69) is 20.7 Å². The van der Waals surface area contributed by atoms with Gasteiger partial charge in [0.05, 0.1) is 0 Å². The van der Waals surface area contributed by atoms with Crippen LogP contribution in [0.4, 0.5) is 10.7 Å². The molecule has 21 heavy (non-hydrogen) atoms. The van der Waals surface area contributed by atoms with E-state index in [4.69, 9.17) is 4.74 Å². The number of alkyl carbamates (subject to hydrolysis) is 1. The number of carbonyl (C=O) groups is 1. The number of hydrogen-bond acceptors (Lipinski definition) is 5. The minimum atomic E-state index is -0.488. The summed E-state index contributed by atoms with van der Waals surface area (Å²) in [6, 6.07) is 3.91. The number of hydrogen-bond donors (Lipinski definition) is 2. The molecule has 2 N–H and O–H groups in total. The minimum absolute atomic E-state index is 0.428. The average Bonchev–Trinajstić information content (AvgIpc) is 2.77. The van der Waals surface area contributed by atoms with Crippen LogP contribution in [-0.2, 0) is 4.74 Å². The summed E-state index contributed by atoms with van der Waals surface area (Å²) in [5.41, 5.74) is 1.39. The summed E-state index contributed by atoms with van der Waals surface area (Å²) in [5.74, 6) is 0.537. The Balaban J connectivity index is 1.80. The lowest BCUT2D eigenvalue weighted by atomic mass is 10.2. The Hall–Kier alpha value is -2.31. The first-order valence-corrected chi connectivity index (χ1v) is 6.88. The number of anilines is 1. The zero-order chi connectivity index (χ0) is 15.5. The number of nitrogens with one attached hydrogen (secondary N) is 2. The Morgan fingerprint density at radius 1 is 1.38 bits per heavy atom. The van der Waals surface area contributed by atoms with Crippen LogP contribution in [-0.4, -0.2) is 39.4 Å². The summed E-state index contributed by atoms with van der Waals surface area (Å²) in [5, 5.41) is 10.0. The predicted octanol–water partition coefficient (Wildman–Crippen LogP) is 1.97. The number of nitrogens with zero attached hydrogens (tertiary/aromatic N) is 3. The van der Waals surface area contributed by atoms with Gasteiger partial charge in [0.1, 0.15) is 5.60 Å². The molecular formula is C14H21N5O2. The molecule has 0 bridgehead atoms. The van der Waals surface area contributed by atoms with Crippen molar-refractivity contribution in [2.45, 2.75) is 33.3 Å². The molecule has 0 radical (unpaired) electrons. The second kappa shape index (κ2) is 5.99. The molecule has 0 aliphatic rings. The Morgan fingerprint density at radius 3 is 2.81 bits per heavy atom. The van der Waals surface area contributed by atoms with Gasteiger partial charge in [-0.3, -0.25) is 0 Å².